The van der Waals surface area contributed by atoms with Crippen LogP contribution in [-0.2, 0) is 10.0 Å². The number of pyridine rings is 1. The Morgan fingerprint density at radius 2 is 2.12 bits per heavy atom. The molecule has 0 atom stereocenters. The topological polar surface area (TPSA) is 62.6 Å². The number of hydrogen-bond acceptors (Lipinski definition) is 3. The fourth-order valence-corrected chi connectivity index (χ4v) is 2.37. The van der Waals surface area contributed by atoms with Crippen molar-refractivity contribution >= 4 is 16.4 Å². The summed E-state index contributed by atoms with van der Waals surface area (Å²) in [5.41, 5.74) is 0. The van der Waals surface area contributed by atoms with Gasteiger partial charge < -0.3 is 4.90 Å². The van der Waals surface area contributed by atoms with Crippen LogP contribution in [0, 0.1) is 0 Å². The zero-order chi connectivity index (χ0) is 11.4. The van der Waals surface area contributed by atoms with Gasteiger partial charge in [-0.2, -0.15) is 8.42 Å². The highest BCUT2D eigenvalue weighted by Gasteiger charge is 2.13. The quantitative estimate of drug-likeness (QED) is 0.580. The lowest BCUT2D eigenvalue weighted by molar-refractivity contribution is 0.535. The minimum atomic E-state index is -3.58. The van der Waals surface area contributed by atoms with Gasteiger partial charge in [0, 0.05) is 25.5 Å². The van der Waals surface area contributed by atoms with Crippen molar-refractivity contribution in [2.45, 2.75) is 17.7 Å². The number of aromatic nitrogens is 1. The van der Waals surface area contributed by atoms with E-state index in [0.29, 0.717) is 0 Å². The smallest absolute Gasteiger partial charge is 0.285 e. The van der Waals surface area contributed by atoms with Crippen LogP contribution in [0.2, 0.25) is 0 Å². The van der Waals surface area contributed by atoms with Crippen LogP contribution in [0.4, 0.5) is 0 Å². The molecule has 86 valence electrons. The van der Waals surface area contributed by atoms with E-state index in [1.165, 1.54) is 24.8 Å². The second-order valence-corrected chi connectivity index (χ2v) is 5.26. The van der Waals surface area contributed by atoms with Crippen LogP contribution in [-0.4, -0.2) is 37.7 Å². The number of nitrogens with zero attached hydrogens (tertiary/aromatic N) is 3. The standard InChI is InChI=1S/C10H13N3O2S/c14-16(15,10-4-3-5-11-8-10)12-9-13-6-1-2-7-13/h3-5,8-9H,1-2,6-7H2. The van der Waals surface area contributed by atoms with Crippen molar-refractivity contribution in [3.05, 3.63) is 24.5 Å². The average molecular weight is 239 g/mol. The first-order valence-electron chi connectivity index (χ1n) is 5.13. The molecule has 2 rings (SSSR count). The average Bonchev–Trinajstić information content (AvgIpc) is 2.81. The molecule has 0 unspecified atom stereocenters. The molecular weight excluding hydrogens is 226 g/mol. The largest absolute Gasteiger partial charge is 0.362 e. The summed E-state index contributed by atoms with van der Waals surface area (Å²) >= 11 is 0. The van der Waals surface area contributed by atoms with Gasteiger partial charge in [-0.15, -0.1) is 4.40 Å². The van der Waals surface area contributed by atoms with Crippen molar-refractivity contribution in [1.82, 2.24) is 9.88 Å². The van der Waals surface area contributed by atoms with Crippen molar-refractivity contribution in [2.75, 3.05) is 13.1 Å². The van der Waals surface area contributed by atoms with Gasteiger partial charge in [0.1, 0.15) is 11.2 Å². The van der Waals surface area contributed by atoms with Crippen LogP contribution >= 0.6 is 0 Å². The Bertz CT molecular complexity index is 464. The zero-order valence-corrected chi connectivity index (χ0v) is 9.60. The van der Waals surface area contributed by atoms with Gasteiger partial charge in [-0.3, -0.25) is 4.98 Å². The molecule has 0 amide bonds. The molecule has 2 heterocycles. The number of sulfonamides is 1. The van der Waals surface area contributed by atoms with Gasteiger partial charge in [0.25, 0.3) is 10.0 Å². The minimum absolute atomic E-state index is 0.130. The Balaban J connectivity index is 2.14. The van der Waals surface area contributed by atoms with Gasteiger partial charge in [-0.05, 0) is 25.0 Å². The highest BCUT2D eigenvalue weighted by molar-refractivity contribution is 7.90. The summed E-state index contributed by atoms with van der Waals surface area (Å²) in [4.78, 5) is 5.80. The van der Waals surface area contributed by atoms with E-state index < -0.39 is 10.0 Å². The summed E-state index contributed by atoms with van der Waals surface area (Å²) in [5.74, 6) is 0. The number of rotatable bonds is 3. The molecule has 0 spiro atoms. The molecule has 16 heavy (non-hydrogen) atoms. The maximum absolute atomic E-state index is 11.7. The summed E-state index contributed by atoms with van der Waals surface area (Å²) in [5, 5.41) is 0. The number of likely N-dealkylation sites (tertiary alicyclic amines) is 1. The van der Waals surface area contributed by atoms with Crippen LogP contribution in [0.1, 0.15) is 12.8 Å². The molecule has 0 N–H and O–H groups in total. The Morgan fingerprint density at radius 3 is 2.75 bits per heavy atom. The number of hydrogen-bond donors (Lipinski definition) is 0. The highest BCUT2D eigenvalue weighted by Crippen LogP contribution is 2.10. The van der Waals surface area contributed by atoms with E-state index in [9.17, 15) is 8.42 Å². The van der Waals surface area contributed by atoms with Crippen LogP contribution in [0.5, 0.6) is 0 Å². The van der Waals surface area contributed by atoms with Crippen molar-refractivity contribution in [2.24, 2.45) is 4.40 Å². The molecule has 0 radical (unpaired) electrons. The molecule has 1 aromatic heterocycles. The van der Waals surface area contributed by atoms with Gasteiger partial charge in [0.2, 0.25) is 0 Å². The molecule has 1 aliphatic rings. The molecule has 1 fully saturated rings. The molecule has 1 saturated heterocycles. The first-order chi connectivity index (χ1) is 7.68. The molecule has 1 aliphatic heterocycles. The molecule has 0 aliphatic carbocycles. The molecular formula is C10H13N3O2S. The maximum Gasteiger partial charge on any atom is 0.285 e. The predicted molar refractivity (Wildman–Crippen MR) is 60.7 cm³/mol. The van der Waals surface area contributed by atoms with Crippen LogP contribution in [0.15, 0.2) is 33.8 Å². The lowest BCUT2D eigenvalue weighted by Crippen LogP contribution is -2.17. The molecule has 5 nitrogen and oxygen atoms in total. The van der Waals surface area contributed by atoms with Gasteiger partial charge in [-0.25, -0.2) is 0 Å². The van der Waals surface area contributed by atoms with Gasteiger partial charge in [-0.1, -0.05) is 0 Å². The maximum atomic E-state index is 11.7. The van der Waals surface area contributed by atoms with Crippen molar-refractivity contribution in [3.63, 3.8) is 0 Å². The third kappa shape index (κ3) is 2.57. The van der Waals surface area contributed by atoms with E-state index in [2.05, 4.69) is 9.38 Å². The fraction of sp³-hybridized carbons (Fsp3) is 0.400. The molecule has 0 aromatic carbocycles. The monoisotopic (exact) mass is 239 g/mol. The fourth-order valence-electron chi connectivity index (χ4n) is 1.55. The second-order valence-electron chi connectivity index (χ2n) is 3.63. The third-order valence-corrected chi connectivity index (χ3v) is 3.63. The SMILES string of the molecule is O=S(=O)(N=CN1CCCC1)c1cccnc1. The first-order valence-corrected chi connectivity index (χ1v) is 6.57. The van der Waals surface area contributed by atoms with Crippen LogP contribution in [0.25, 0.3) is 0 Å². The Labute approximate surface area is 94.9 Å². The molecule has 1 aromatic rings. The predicted octanol–water partition coefficient (Wildman–Crippen LogP) is 0.894. The van der Waals surface area contributed by atoms with Gasteiger partial charge in [0.05, 0.1) is 0 Å². The molecule has 6 heteroatoms. The Kier molecular flexibility index (Phi) is 3.19. The molecule has 0 bridgehead atoms. The highest BCUT2D eigenvalue weighted by atomic mass is 32.2. The normalized spacial score (nSPS) is 17.1. The van der Waals surface area contributed by atoms with E-state index in [0.717, 1.165) is 25.9 Å². The minimum Gasteiger partial charge on any atom is -0.362 e. The van der Waals surface area contributed by atoms with E-state index in [4.69, 9.17) is 0 Å². The van der Waals surface area contributed by atoms with Crippen molar-refractivity contribution in [3.8, 4) is 0 Å². The Hall–Kier alpha value is -1.43. The summed E-state index contributed by atoms with van der Waals surface area (Å²) in [6.07, 6.45) is 6.44. The van der Waals surface area contributed by atoms with E-state index >= 15 is 0 Å². The third-order valence-electron chi connectivity index (χ3n) is 2.42. The lowest BCUT2D eigenvalue weighted by Gasteiger charge is -2.08. The van der Waals surface area contributed by atoms with Gasteiger partial charge >= 0.3 is 0 Å². The van der Waals surface area contributed by atoms with E-state index in [-0.39, 0.29) is 4.90 Å². The zero-order valence-electron chi connectivity index (χ0n) is 8.78. The second kappa shape index (κ2) is 4.61. The van der Waals surface area contributed by atoms with Crippen LogP contribution in [0.3, 0.4) is 0 Å². The van der Waals surface area contributed by atoms with E-state index in [1.54, 1.807) is 6.07 Å². The van der Waals surface area contributed by atoms with Crippen molar-refractivity contribution in [1.29, 1.82) is 0 Å². The van der Waals surface area contributed by atoms with Gasteiger partial charge in [0.15, 0.2) is 0 Å². The summed E-state index contributed by atoms with van der Waals surface area (Å²) in [6.45, 7) is 1.76. The molecule has 0 saturated carbocycles. The summed E-state index contributed by atoms with van der Waals surface area (Å²) in [6, 6.07) is 3.07. The summed E-state index contributed by atoms with van der Waals surface area (Å²) < 4.78 is 27.1. The lowest BCUT2D eigenvalue weighted by atomic mass is 10.4. The van der Waals surface area contributed by atoms with Crippen molar-refractivity contribution < 1.29 is 8.42 Å². The van der Waals surface area contributed by atoms with E-state index in [1.807, 2.05) is 4.90 Å². The first kappa shape index (κ1) is 11.1. The summed E-state index contributed by atoms with van der Waals surface area (Å²) in [7, 11) is -3.58. The Morgan fingerprint density at radius 1 is 1.38 bits per heavy atom. The van der Waals surface area contributed by atoms with Crippen LogP contribution < -0.4 is 0 Å².